The van der Waals surface area contributed by atoms with E-state index in [0.29, 0.717) is 23.2 Å². The average molecular weight is 450 g/mol. The average Bonchev–Trinajstić information content (AvgIpc) is 2.64. The van der Waals surface area contributed by atoms with E-state index in [9.17, 15) is 9.90 Å². The minimum absolute atomic E-state index is 0.370. The second-order valence-corrected chi connectivity index (χ2v) is 18.2. The van der Waals surface area contributed by atoms with Crippen molar-refractivity contribution in [3.05, 3.63) is 0 Å². The van der Waals surface area contributed by atoms with Crippen LogP contribution in [-0.4, -0.2) is 61.4 Å². The molecule has 1 atom stereocenters. The van der Waals surface area contributed by atoms with Gasteiger partial charge in [0.2, 0.25) is 8.32 Å². The van der Waals surface area contributed by atoms with Gasteiger partial charge in [0.25, 0.3) is 0 Å². The lowest BCUT2D eigenvalue weighted by atomic mass is 10.2. The van der Waals surface area contributed by atoms with Crippen molar-refractivity contribution in [2.24, 2.45) is 0 Å². The summed E-state index contributed by atoms with van der Waals surface area (Å²) in [6, 6.07) is 1.01. The van der Waals surface area contributed by atoms with Gasteiger partial charge in [-0.2, -0.15) is 0 Å². The lowest BCUT2D eigenvalue weighted by molar-refractivity contribution is -0.145. The largest absolute Gasteiger partial charge is 0.479 e. The van der Waals surface area contributed by atoms with Gasteiger partial charge in [-0.05, 0) is 42.2 Å². The van der Waals surface area contributed by atoms with Crippen molar-refractivity contribution >= 4 is 22.8 Å². The third-order valence-corrected chi connectivity index (χ3v) is 15.4. The molecule has 29 heavy (non-hydrogen) atoms. The van der Waals surface area contributed by atoms with Crippen LogP contribution in [0.2, 0.25) is 29.2 Å². The Bertz CT molecular complexity index is 435. The van der Waals surface area contributed by atoms with Gasteiger partial charge >= 0.3 is 14.5 Å². The highest BCUT2D eigenvalue weighted by atomic mass is 28.4. The first-order valence-corrected chi connectivity index (χ1v) is 15.8. The first-order valence-electron chi connectivity index (χ1n) is 11.2. The molecule has 0 amide bonds. The van der Waals surface area contributed by atoms with Crippen molar-refractivity contribution < 1.29 is 23.2 Å². The summed E-state index contributed by atoms with van der Waals surface area (Å²) in [5.41, 5.74) is 1.12. The van der Waals surface area contributed by atoms with E-state index in [4.69, 9.17) is 13.3 Å². The Labute approximate surface area is 181 Å². The number of unbranched alkanes of at least 4 members (excludes halogenated alkanes) is 3. The van der Waals surface area contributed by atoms with Crippen molar-refractivity contribution in [1.29, 1.82) is 0 Å². The molecular formula is C21H47NO5Si2. The van der Waals surface area contributed by atoms with Crippen molar-refractivity contribution in [3.8, 4) is 0 Å². The lowest BCUT2D eigenvalue weighted by Gasteiger charge is -2.43. The van der Waals surface area contributed by atoms with E-state index in [1.54, 1.807) is 14.2 Å². The smallest absolute Gasteiger partial charge is 0.334 e. The van der Waals surface area contributed by atoms with Crippen LogP contribution < -0.4 is 5.32 Å². The van der Waals surface area contributed by atoms with Crippen LogP contribution in [0, 0.1) is 0 Å². The number of nitrogens with one attached hydrogen (secondary N) is 1. The van der Waals surface area contributed by atoms with Crippen molar-refractivity contribution in [2.75, 3.05) is 27.3 Å². The predicted molar refractivity (Wildman–Crippen MR) is 125 cm³/mol. The topological polar surface area (TPSA) is 77.0 Å². The summed E-state index contributed by atoms with van der Waals surface area (Å²) in [4.78, 5) is 11.8. The van der Waals surface area contributed by atoms with Crippen LogP contribution in [0.3, 0.4) is 0 Å². The number of rotatable bonds is 17. The maximum absolute atomic E-state index is 11.8. The zero-order valence-electron chi connectivity index (χ0n) is 20.3. The third-order valence-electron chi connectivity index (χ3n) is 6.26. The summed E-state index contributed by atoms with van der Waals surface area (Å²) in [6.07, 6.45) is 3.62. The summed E-state index contributed by atoms with van der Waals surface area (Å²) >= 11 is 0. The van der Waals surface area contributed by atoms with Crippen molar-refractivity contribution in [1.82, 2.24) is 5.32 Å². The molecule has 0 fully saturated rings. The van der Waals surface area contributed by atoms with Crippen LogP contribution in [0.5, 0.6) is 0 Å². The molecule has 0 aromatic carbocycles. The number of hydrogen-bond acceptors (Lipinski definition) is 5. The fraction of sp³-hybridized carbons (Fsp3) is 0.952. The van der Waals surface area contributed by atoms with Crippen LogP contribution in [0.1, 0.15) is 67.2 Å². The van der Waals surface area contributed by atoms with Gasteiger partial charge in [0, 0.05) is 20.8 Å². The minimum Gasteiger partial charge on any atom is -0.479 e. The van der Waals surface area contributed by atoms with Crippen LogP contribution >= 0.6 is 0 Å². The summed E-state index contributed by atoms with van der Waals surface area (Å²) < 4.78 is 17.5. The van der Waals surface area contributed by atoms with Crippen LogP contribution in [0.4, 0.5) is 0 Å². The quantitative estimate of drug-likeness (QED) is 0.236. The highest BCUT2D eigenvalue weighted by Gasteiger charge is 2.47. The summed E-state index contributed by atoms with van der Waals surface area (Å²) in [6.45, 7) is 16.4. The van der Waals surface area contributed by atoms with E-state index in [1.807, 2.05) is 0 Å². The van der Waals surface area contributed by atoms with Crippen LogP contribution in [-0.2, 0) is 18.1 Å². The molecule has 0 aliphatic heterocycles. The Morgan fingerprint density at radius 1 is 0.897 bits per heavy atom. The molecule has 0 aliphatic carbocycles. The highest BCUT2D eigenvalue weighted by Crippen LogP contribution is 2.42. The first kappa shape index (κ1) is 28.7. The molecule has 8 heteroatoms. The van der Waals surface area contributed by atoms with Gasteiger partial charge in [-0.1, -0.05) is 60.8 Å². The maximum Gasteiger partial charge on any atom is 0.334 e. The number of carbonyl (C=O) groups is 1. The van der Waals surface area contributed by atoms with E-state index in [-0.39, 0.29) is 0 Å². The molecule has 0 spiro atoms. The van der Waals surface area contributed by atoms with E-state index in [0.717, 1.165) is 38.3 Å². The number of carboxylic acid groups (broad SMARTS) is 1. The number of carboxylic acids is 1. The second-order valence-electron chi connectivity index (χ2n) is 9.17. The Balaban J connectivity index is 4.44. The zero-order chi connectivity index (χ0) is 22.7. The van der Waals surface area contributed by atoms with Crippen LogP contribution in [0.25, 0.3) is 0 Å². The maximum atomic E-state index is 11.8. The van der Waals surface area contributed by atoms with E-state index in [2.05, 4.69) is 53.4 Å². The molecule has 0 aromatic heterocycles. The Hall–Kier alpha value is -0.256. The molecule has 0 radical (unpaired) electrons. The zero-order valence-corrected chi connectivity index (χ0v) is 22.3. The van der Waals surface area contributed by atoms with Crippen molar-refractivity contribution in [2.45, 2.75) is 103 Å². The predicted octanol–water partition coefficient (Wildman–Crippen LogP) is 5.15. The fourth-order valence-electron chi connectivity index (χ4n) is 4.40. The minimum atomic E-state index is -2.21. The SMILES string of the molecule is CO[Si](C)(CCCCCCNCC(O[Si](C(C)C)(C(C)C)C(C)C)C(=O)O)OC. The molecule has 174 valence electrons. The van der Waals surface area contributed by atoms with Gasteiger partial charge in [-0.15, -0.1) is 0 Å². The molecule has 0 aromatic rings. The molecule has 1 unspecified atom stereocenters. The van der Waals surface area contributed by atoms with Crippen molar-refractivity contribution in [3.63, 3.8) is 0 Å². The molecule has 0 aliphatic rings. The lowest BCUT2D eigenvalue weighted by Crippen LogP contribution is -2.53. The van der Waals surface area contributed by atoms with Gasteiger partial charge in [0.15, 0.2) is 6.10 Å². The fourth-order valence-corrected chi connectivity index (χ4v) is 11.4. The monoisotopic (exact) mass is 449 g/mol. The molecule has 0 saturated carbocycles. The number of hydrogen-bond donors (Lipinski definition) is 2. The van der Waals surface area contributed by atoms with Gasteiger partial charge in [-0.25, -0.2) is 4.79 Å². The Kier molecular flexibility index (Phi) is 13.8. The van der Waals surface area contributed by atoms with Gasteiger partial charge < -0.3 is 23.7 Å². The standard InChI is InChI=1S/C21H47NO5Si2/c1-17(2)29(18(3)4,19(5)6)27-20(21(23)24)16-22-14-12-10-11-13-15-28(9,25-7)26-8/h17-20,22H,10-16H2,1-9H3,(H,23,24). The third kappa shape index (κ3) is 9.18. The first-order chi connectivity index (χ1) is 13.5. The van der Waals surface area contributed by atoms with Gasteiger partial charge in [0.1, 0.15) is 0 Å². The molecule has 6 nitrogen and oxygen atoms in total. The van der Waals surface area contributed by atoms with Crippen LogP contribution in [0.15, 0.2) is 0 Å². The molecule has 0 saturated heterocycles. The normalized spacial score (nSPS) is 14.2. The summed E-state index contributed by atoms with van der Waals surface area (Å²) in [7, 11) is -0.686. The van der Waals surface area contributed by atoms with Gasteiger partial charge in [-0.3, -0.25) is 0 Å². The van der Waals surface area contributed by atoms with E-state index in [1.165, 1.54) is 0 Å². The summed E-state index contributed by atoms with van der Waals surface area (Å²) in [5.74, 6) is -0.861. The Morgan fingerprint density at radius 3 is 1.79 bits per heavy atom. The molecular weight excluding hydrogens is 402 g/mol. The number of aliphatic carboxylic acids is 1. The molecule has 0 rings (SSSR count). The van der Waals surface area contributed by atoms with Gasteiger partial charge in [0.05, 0.1) is 0 Å². The Morgan fingerprint density at radius 2 is 1.38 bits per heavy atom. The molecule has 0 heterocycles. The second kappa shape index (κ2) is 13.9. The van der Waals surface area contributed by atoms with E-state index >= 15 is 0 Å². The molecule has 2 N–H and O–H groups in total. The molecule has 0 bridgehead atoms. The summed E-state index contributed by atoms with van der Waals surface area (Å²) in [5, 5.41) is 13.0. The highest BCUT2D eigenvalue weighted by molar-refractivity contribution is 6.77. The van der Waals surface area contributed by atoms with E-state index < -0.39 is 29.0 Å².